The number of amides is 1. The van der Waals surface area contributed by atoms with Crippen LogP contribution in [-0.4, -0.2) is 16.0 Å². The normalized spacial score (nSPS) is 11.4. The molecule has 0 atom stereocenters. The summed E-state index contributed by atoms with van der Waals surface area (Å²) in [7, 11) is 0. The van der Waals surface area contributed by atoms with Crippen LogP contribution in [0.1, 0.15) is 42.5 Å². The van der Waals surface area contributed by atoms with Crippen molar-refractivity contribution in [3.05, 3.63) is 53.3 Å². The SMILES string of the molecule is Cc1ccc(C)n1-c1ccc(C(=O)NC(C)(C)C)cc1. The summed E-state index contributed by atoms with van der Waals surface area (Å²) in [4.78, 5) is 12.1. The summed E-state index contributed by atoms with van der Waals surface area (Å²) < 4.78 is 2.17. The quantitative estimate of drug-likeness (QED) is 0.888. The van der Waals surface area contributed by atoms with Crippen LogP contribution in [0.2, 0.25) is 0 Å². The van der Waals surface area contributed by atoms with Crippen molar-refractivity contribution < 1.29 is 4.79 Å². The molecule has 0 spiro atoms. The second-order valence-corrected chi connectivity index (χ2v) is 6.20. The lowest BCUT2D eigenvalue weighted by Crippen LogP contribution is -2.40. The van der Waals surface area contributed by atoms with Crippen molar-refractivity contribution in [2.75, 3.05) is 0 Å². The first kappa shape index (κ1) is 14.4. The van der Waals surface area contributed by atoms with Crippen LogP contribution in [0.15, 0.2) is 36.4 Å². The molecule has 0 aliphatic carbocycles. The van der Waals surface area contributed by atoms with Crippen molar-refractivity contribution in [3.8, 4) is 5.69 Å². The van der Waals surface area contributed by atoms with Gasteiger partial charge in [-0.25, -0.2) is 0 Å². The zero-order valence-corrected chi connectivity index (χ0v) is 12.8. The van der Waals surface area contributed by atoms with E-state index in [0.29, 0.717) is 5.56 Å². The van der Waals surface area contributed by atoms with E-state index in [1.807, 2.05) is 45.0 Å². The third-order valence-electron chi connectivity index (χ3n) is 3.15. The second kappa shape index (κ2) is 5.16. The van der Waals surface area contributed by atoms with Crippen LogP contribution in [0.25, 0.3) is 5.69 Å². The predicted molar refractivity (Wildman–Crippen MR) is 82.5 cm³/mol. The topological polar surface area (TPSA) is 34.0 Å². The van der Waals surface area contributed by atoms with Gasteiger partial charge in [-0.15, -0.1) is 0 Å². The molecule has 0 bridgehead atoms. The van der Waals surface area contributed by atoms with E-state index < -0.39 is 0 Å². The van der Waals surface area contributed by atoms with Gasteiger partial charge in [-0.05, 0) is 71.0 Å². The maximum atomic E-state index is 12.1. The highest BCUT2D eigenvalue weighted by atomic mass is 16.1. The van der Waals surface area contributed by atoms with Crippen molar-refractivity contribution in [1.29, 1.82) is 0 Å². The Kier molecular flexibility index (Phi) is 3.71. The van der Waals surface area contributed by atoms with Crippen LogP contribution in [0.5, 0.6) is 0 Å². The highest BCUT2D eigenvalue weighted by Crippen LogP contribution is 2.17. The first-order valence-corrected chi connectivity index (χ1v) is 6.86. The zero-order chi connectivity index (χ0) is 14.9. The van der Waals surface area contributed by atoms with Gasteiger partial charge in [0.25, 0.3) is 5.91 Å². The third kappa shape index (κ3) is 3.10. The van der Waals surface area contributed by atoms with Crippen LogP contribution < -0.4 is 5.32 Å². The minimum atomic E-state index is -0.219. The monoisotopic (exact) mass is 270 g/mol. The highest BCUT2D eigenvalue weighted by Gasteiger charge is 2.15. The second-order valence-electron chi connectivity index (χ2n) is 6.20. The van der Waals surface area contributed by atoms with E-state index in [4.69, 9.17) is 0 Å². The average Bonchev–Trinajstić information content (AvgIpc) is 2.67. The van der Waals surface area contributed by atoms with E-state index >= 15 is 0 Å². The van der Waals surface area contributed by atoms with Crippen molar-refractivity contribution >= 4 is 5.91 Å². The molecule has 0 aliphatic rings. The summed E-state index contributed by atoms with van der Waals surface area (Å²) in [5.41, 5.74) is 3.93. The number of aryl methyl sites for hydroxylation is 2. The standard InChI is InChI=1S/C17H22N2O/c1-12-6-7-13(2)19(12)15-10-8-14(9-11-15)16(20)18-17(3,4)5/h6-11H,1-5H3,(H,18,20). The zero-order valence-electron chi connectivity index (χ0n) is 12.8. The number of nitrogens with one attached hydrogen (secondary N) is 1. The van der Waals surface area contributed by atoms with E-state index in [0.717, 1.165) is 5.69 Å². The molecule has 0 saturated heterocycles. The maximum Gasteiger partial charge on any atom is 0.251 e. The Morgan fingerprint density at radius 3 is 1.90 bits per heavy atom. The van der Waals surface area contributed by atoms with Crippen LogP contribution in [0.3, 0.4) is 0 Å². The average molecular weight is 270 g/mol. The molecule has 2 aromatic rings. The van der Waals surface area contributed by atoms with Crippen LogP contribution in [-0.2, 0) is 0 Å². The molecule has 3 heteroatoms. The summed E-state index contributed by atoms with van der Waals surface area (Å²) >= 11 is 0. The van der Waals surface area contributed by atoms with Gasteiger partial charge < -0.3 is 9.88 Å². The van der Waals surface area contributed by atoms with Gasteiger partial charge in [0.2, 0.25) is 0 Å². The van der Waals surface area contributed by atoms with E-state index in [-0.39, 0.29) is 11.4 Å². The molecule has 0 aliphatic heterocycles. The molecule has 1 aromatic heterocycles. The summed E-state index contributed by atoms with van der Waals surface area (Å²) in [6.45, 7) is 10.1. The minimum Gasteiger partial charge on any atom is -0.347 e. The Balaban J connectivity index is 2.25. The molecule has 20 heavy (non-hydrogen) atoms. The van der Waals surface area contributed by atoms with Crippen LogP contribution in [0, 0.1) is 13.8 Å². The molecular weight excluding hydrogens is 248 g/mol. The first-order chi connectivity index (χ1) is 9.28. The molecule has 2 rings (SSSR count). The summed E-state index contributed by atoms with van der Waals surface area (Å²) in [5, 5.41) is 2.97. The summed E-state index contributed by atoms with van der Waals surface area (Å²) in [5.74, 6) is -0.0370. The summed E-state index contributed by atoms with van der Waals surface area (Å²) in [6, 6.07) is 11.9. The van der Waals surface area contributed by atoms with Crippen molar-refractivity contribution in [2.45, 2.75) is 40.2 Å². The molecule has 3 nitrogen and oxygen atoms in total. The number of carbonyl (C=O) groups excluding carboxylic acids is 1. The van der Waals surface area contributed by atoms with Gasteiger partial charge in [0, 0.05) is 28.2 Å². The number of benzene rings is 1. The Morgan fingerprint density at radius 1 is 0.950 bits per heavy atom. The number of rotatable bonds is 2. The number of aromatic nitrogens is 1. The smallest absolute Gasteiger partial charge is 0.251 e. The van der Waals surface area contributed by atoms with Crippen molar-refractivity contribution in [2.24, 2.45) is 0 Å². The third-order valence-corrected chi connectivity index (χ3v) is 3.15. The first-order valence-electron chi connectivity index (χ1n) is 6.86. The van der Waals surface area contributed by atoms with Gasteiger partial charge in [0.05, 0.1) is 0 Å². The highest BCUT2D eigenvalue weighted by molar-refractivity contribution is 5.94. The van der Waals surface area contributed by atoms with Gasteiger partial charge in [-0.1, -0.05) is 0 Å². The van der Waals surface area contributed by atoms with Crippen LogP contribution in [0.4, 0.5) is 0 Å². The Morgan fingerprint density at radius 2 is 1.45 bits per heavy atom. The number of hydrogen-bond donors (Lipinski definition) is 1. The molecule has 0 unspecified atom stereocenters. The lowest BCUT2D eigenvalue weighted by atomic mass is 10.1. The van der Waals surface area contributed by atoms with E-state index in [2.05, 4.69) is 35.9 Å². The fourth-order valence-electron chi connectivity index (χ4n) is 2.25. The minimum absolute atomic E-state index is 0.0370. The van der Waals surface area contributed by atoms with Crippen LogP contribution >= 0.6 is 0 Å². The van der Waals surface area contributed by atoms with Gasteiger partial charge in [-0.3, -0.25) is 4.79 Å². The Hall–Kier alpha value is -2.03. The van der Waals surface area contributed by atoms with E-state index in [1.54, 1.807) is 0 Å². The molecule has 1 amide bonds. The fourth-order valence-corrected chi connectivity index (χ4v) is 2.25. The Bertz CT molecular complexity index is 596. The largest absolute Gasteiger partial charge is 0.347 e. The maximum absolute atomic E-state index is 12.1. The molecule has 106 valence electrons. The molecule has 1 heterocycles. The van der Waals surface area contributed by atoms with E-state index in [9.17, 15) is 4.79 Å². The lowest BCUT2D eigenvalue weighted by molar-refractivity contribution is 0.0919. The predicted octanol–water partition coefficient (Wildman–Crippen LogP) is 3.62. The van der Waals surface area contributed by atoms with Gasteiger partial charge >= 0.3 is 0 Å². The lowest BCUT2D eigenvalue weighted by Gasteiger charge is -2.20. The molecule has 0 saturated carbocycles. The van der Waals surface area contributed by atoms with Crippen molar-refractivity contribution in [1.82, 2.24) is 9.88 Å². The fraction of sp³-hybridized carbons (Fsp3) is 0.353. The molecular formula is C17H22N2O. The van der Waals surface area contributed by atoms with Gasteiger partial charge in [0.15, 0.2) is 0 Å². The molecule has 1 N–H and O–H groups in total. The number of hydrogen-bond acceptors (Lipinski definition) is 1. The molecule has 1 aromatic carbocycles. The van der Waals surface area contributed by atoms with Gasteiger partial charge in [0.1, 0.15) is 0 Å². The number of carbonyl (C=O) groups is 1. The van der Waals surface area contributed by atoms with Crippen molar-refractivity contribution in [3.63, 3.8) is 0 Å². The van der Waals surface area contributed by atoms with Gasteiger partial charge in [-0.2, -0.15) is 0 Å². The van der Waals surface area contributed by atoms with E-state index in [1.165, 1.54) is 11.4 Å². The molecule has 0 fully saturated rings. The Labute approximate surface area is 120 Å². The molecule has 0 radical (unpaired) electrons. The number of nitrogens with zero attached hydrogens (tertiary/aromatic N) is 1. The summed E-state index contributed by atoms with van der Waals surface area (Å²) in [6.07, 6.45) is 0.